The molecule has 1 aliphatic rings. The van der Waals surface area contributed by atoms with Gasteiger partial charge in [-0.25, -0.2) is 0 Å². The molecule has 6 heteroatoms. The van der Waals surface area contributed by atoms with Crippen molar-refractivity contribution < 1.29 is 4.74 Å². The Labute approximate surface area is 177 Å². The second-order valence-electron chi connectivity index (χ2n) is 7.30. The van der Waals surface area contributed by atoms with Gasteiger partial charge in [-0.2, -0.15) is 0 Å². The van der Waals surface area contributed by atoms with Crippen LogP contribution in [0.15, 0.2) is 60.8 Å². The number of thiocarbonyl (C=S) groups is 1. The van der Waals surface area contributed by atoms with E-state index >= 15 is 0 Å². The summed E-state index contributed by atoms with van der Waals surface area (Å²) in [6, 6.07) is 18.6. The summed E-state index contributed by atoms with van der Waals surface area (Å²) in [5, 5.41) is 4.25. The normalized spacial score (nSPS) is 18.9. The summed E-state index contributed by atoms with van der Waals surface area (Å²) in [5.41, 5.74) is 5.78. The minimum absolute atomic E-state index is 0.0160. The first kappa shape index (κ1) is 19.6. The second kappa shape index (κ2) is 8.35. The molecule has 2 atom stereocenters. The molecule has 0 aliphatic carbocycles. The molecule has 1 fully saturated rings. The van der Waals surface area contributed by atoms with Crippen LogP contribution < -0.4 is 10.2 Å². The monoisotopic (exact) mass is 406 g/mol. The Morgan fingerprint density at radius 3 is 2.55 bits per heavy atom. The predicted octanol–water partition coefficient (Wildman–Crippen LogP) is 4.32. The highest BCUT2D eigenvalue weighted by atomic mass is 32.1. The van der Waals surface area contributed by atoms with Crippen molar-refractivity contribution in [2.24, 2.45) is 0 Å². The molecule has 1 N–H and O–H groups in total. The average Bonchev–Trinajstić information content (AvgIpc) is 3.23. The Bertz CT molecular complexity index is 987. The van der Waals surface area contributed by atoms with E-state index in [9.17, 15) is 0 Å². The van der Waals surface area contributed by atoms with E-state index in [1.165, 1.54) is 17.0 Å². The van der Waals surface area contributed by atoms with Gasteiger partial charge < -0.3 is 19.5 Å². The van der Waals surface area contributed by atoms with Crippen LogP contribution in [-0.4, -0.2) is 28.4 Å². The number of anilines is 1. The highest BCUT2D eigenvalue weighted by Crippen LogP contribution is 2.43. The molecule has 1 saturated heterocycles. The smallest absolute Gasteiger partial charge is 0.174 e. The standard InChI is InChI=1S/C23H26N4OS/c1-16-15-19(17(2)26(16)13-14-28-3)22-21(20-11-7-8-12-24-20)25-23(29)27(22)18-9-5-4-6-10-18/h4-12,15,21-22H,13-14H2,1-3H3,(H,25,29)/t21-,22-/m0/s1. The van der Waals surface area contributed by atoms with Gasteiger partial charge in [0.2, 0.25) is 0 Å². The van der Waals surface area contributed by atoms with E-state index in [4.69, 9.17) is 17.0 Å². The van der Waals surface area contributed by atoms with Crippen LogP contribution in [0.25, 0.3) is 0 Å². The topological polar surface area (TPSA) is 42.3 Å². The molecule has 0 unspecified atom stereocenters. The van der Waals surface area contributed by atoms with Crippen LogP contribution in [0.2, 0.25) is 0 Å². The number of rotatable bonds is 6. The molecule has 0 amide bonds. The van der Waals surface area contributed by atoms with Crippen molar-refractivity contribution in [3.63, 3.8) is 0 Å². The molecule has 0 bridgehead atoms. The molecule has 0 spiro atoms. The zero-order valence-electron chi connectivity index (χ0n) is 17.0. The highest BCUT2D eigenvalue weighted by Gasteiger charge is 2.42. The van der Waals surface area contributed by atoms with Crippen molar-refractivity contribution >= 4 is 23.0 Å². The van der Waals surface area contributed by atoms with Gasteiger partial charge in [0, 0.05) is 36.9 Å². The summed E-state index contributed by atoms with van der Waals surface area (Å²) in [4.78, 5) is 6.85. The molecule has 2 aromatic heterocycles. The lowest BCUT2D eigenvalue weighted by molar-refractivity contribution is 0.186. The van der Waals surface area contributed by atoms with Crippen LogP contribution in [0, 0.1) is 13.8 Å². The van der Waals surface area contributed by atoms with Crippen molar-refractivity contribution in [1.29, 1.82) is 0 Å². The number of para-hydroxylation sites is 1. The van der Waals surface area contributed by atoms with Gasteiger partial charge in [0.1, 0.15) is 0 Å². The van der Waals surface area contributed by atoms with Gasteiger partial charge in [0.15, 0.2) is 5.11 Å². The molecular formula is C23H26N4OS. The van der Waals surface area contributed by atoms with Crippen LogP contribution in [0.5, 0.6) is 0 Å². The number of aryl methyl sites for hydroxylation is 1. The third kappa shape index (κ3) is 3.66. The van der Waals surface area contributed by atoms with Crippen molar-refractivity contribution in [2.75, 3.05) is 18.6 Å². The summed E-state index contributed by atoms with van der Waals surface area (Å²) in [7, 11) is 1.74. The minimum Gasteiger partial charge on any atom is -0.383 e. The zero-order chi connectivity index (χ0) is 20.4. The molecule has 0 saturated carbocycles. The summed E-state index contributed by atoms with van der Waals surface area (Å²) in [6.45, 7) is 5.84. The van der Waals surface area contributed by atoms with E-state index in [-0.39, 0.29) is 12.1 Å². The number of pyridine rings is 1. The molecule has 3 heterocycles. The largest absolute Gasteiger partial charge is 0.383 e. The Kier molecular flexibility index (Phi) is 5.65. The van der Waals surface area contributed by atoms with Gasteiger partial charge in [-0.05, 0) is 62.0 Å². The number of benzene rings is 1. The zero-order valence-corrected chi connectivity index (χ0v) is 17.8. The fourth-order valence-electron chi connectivity index (χ4n) is 4.19. The molecular weight excluding hydrogens is 380 g/mol. The van der Waals surface area contributed by atoms with E-state index in [2.05, 4.69) is 57.9 Å². The van der Waals surface area contributed by atoms with Gasteiger partial charge >= 0.3 is 0 Å². The van der Waals surface area contributed by atoms with E-state index in [0.29, 0.717) is 6.61 Å². The number of aromatic nitrogens is 2. The molecule has 0 radical (unpaired) electrons. The Morgan fingerprint density at radius 1 is 1.10 bits per heavy atom. The Morgan fingerprint density at radius 2 is 1.86 bits per heavy atom. The lowest BCUT2D eigenvalue weighted by Gasteiger charge is -2.28. The van der Waals surface area contributed by atoms with Crippen molar-refractivity contribution in [2.45, 2.75) is 32.5 Å². The molecule has 1 aliphatic heterocycles. The van der Waals surface area contributed by atoms with Crippen LogP contribution in [0.1, 0.15) is 34.7 Å². The summed E-state index contributed by atoms with van der Waals surface area (Å²) >= 11 is 5.79. The van der Waals surface area contributed by atoms with Gasteiger partial charge in [0.05, 0.1) is 24.4 Å². The summed E-state index contributed by atoms with van der Waals surface area (Å²) in [5.74, 6) is 0. The summed E-state index contributed by atoms with van der Waals surface area (Å²) in [6.07, 6.45) is 1.84. The van der Waals surface area contributed by atoms with E-state index < -0.39 is 0 Å². The second-order valence-corrected chi connectivity index (χ2v) is 7.69. The van der Waals surface area contributed by atoms with Gasteiger partial charge in [-0.1, -0.05) is 24.3 Å². The third-order valence-corrected chi connectivity index (χ3v) is 5.90. The number of ether oxygens (including phenoxy) is 1. The van der Waals surface area contributed by atoms with Crippen LogP contribution in [0.3, 0.4) is 0 Å². The molecule has 150 valence electrons. The Hall–Kier alpha value is -2.70. The number of methoxy groups -OCH3 is 1. The van der Waals surface area contributed by atoms with Crippen LogP contribution in [-0.2, 0) is 11.3 Å². The lowest BCUT2D eigenvalue weighted by atomic mass is 9.96. The molecule has 4 rings (SSSR count). The first-order valence-corrected chi connectivity index (χ1v) is 10.2. The third-order valence-electron chi connectivity index (χ3n) is 5.58. The SMILES string of the molecule is COCCn1c(C)cc([C@H]2[C@H](c3ccccn3)NC(=S)N2c2ccccc2)c1C. The van der Waals surface area contributed by atoms with Gasteiger partial charge in [-0.15, -0.1) is 0 Å². The van der Waals surface area contributed by atoms with E-state index in [0.717, 1.165) is 23.0 Å². The minimum atomic E-state index is -0.0275. The van der Waals surface area contributed by atoms with Gasteiger partial charge in [-0.3, -0.25) is 4.98 Å². The van der Waals surface area contributed by atoms with Crippen molar-refractivity contribution in [1.82, 2.24) is 14.9 Å². The average molecular weight is 407 g/mol. The Balaban J connectivity index is 1.83. The highest BCUT2D eigenvalue weighted by molar-refractivity contribution is 7.80. The first-order valence-electron chi connectivity index (χ1n) is 9.83. The van der Waals surface area contributed by atoms with Crippen molar-refractivity contribution in [3.05, 3.63) is 83.4 Å². The predicted molar refractivity (Wildman–Crippen MR) is 120 cm³/mol. The molecule has 1 aromatic carbocycles. The number of hydrogen-bond acceptors (Lipinski definition) is 3. The fourth-order valence-corrected chi connectivity index (χ4v) is 4.54. The first-order chi connectivity index (χ1) is 14.1. The maximum absolute atomic E-state index is 5.79. The van der Waals surface area contributed by atoms with Crippen molar-refractivity contribution in [3.8, 4) is 0 Å². The molecule has 3 aromatic rings. The van der Waals surface area contributed by atoms with Gasteiger partial charge in [0.25, 0.3) is 0 Å². The van der Waals surface area contributed by atoms with Crippen LogP contribution in [0.4, 0.5) is 5.69 Å². The lowest BCUT2D eigenvalue weighted by Crippen LogP contribution is -2.29. The fraction of sp³-hybridized carbons (Fsp3) is 0.304. The quantitative estimate of drug-likeness (QED) is 0.618. The number of nitrogens with zero attached hydrogens (tertiary/aromatic N) is 3. The summed E-state index contributed by atoms with van der Waals surface area (Å²) < 4.78 is 7.63. The maximum atomic E-state index is 5.79. The molecule has 29 heavy (non-hydrogen) atoms. The number of nitrogens with one attached hydrogen (secondary N) is 1. The van der Waals surface area contributed by atoms with E-state index in [1.807, 2.05) is 36.5 Å². The molecule has 5 nitrogen and oxygen atoms in total. The number of hydrogen-bond donors (Lipinski definition) is 1. The maximum Gasteiger partial charge on any atom is 0.174 e. The van der Waals surface area contributed by atoms with E-state index in [1.54, 1.807) is 7.11 Å². The van der Waals surface area contributed by atoms with Crippen LogP contribution >= 0.6 is 12.2 Å².